The Morgan fingerprint density at radius 3 is 2.74 bits per heavy atom. The van der Waals surface area contributed by atoms with Gasteiger partial charge in [-0.25, -0.2) is 9.97 Å². The predicted octanol–water partition coefficient (Wildman–Crippen LogP) is 4.36. The lowest BCUT2D eigenvalue weighted by Gasteiger charge is -2.11. The number of benzene rings is 1. The molecule has 0 radical (unpaired) electrons. The standard InChI is InChI=1S/C20H17BrN4O2/c1-13(19-23-17-11-15(21)12-22-20(17)24-19)27-18(26)10-14-4-6-16(7-5-14)25-8-2-3-9-25/h2-9,11-13H,10H2,1H3,(H,22,23,24). The van der Waals surface area contributed by atoms with Gasteiger partial charge in [0.15, 0.2) is 11.8 Å². The van der Waals surface area contributed by atoms with Crippen LogP contribution in [-0.2, 0) is 16.0 Å². The van der Waals surface area contributed by atoms with E-state index in [-0.39, 0.29) is 12.4 Å². The summed E-state index contributed by atoms with van der Waals surface area (Å²) < 4.78 is 8.40. The molecule has 0 saturated carbocycles. The van der Waals surface area contributed by atoms with Gasteiger partial charge in [0.25, 0.3) is 0 Å². The van der Waals surface area contributed by atoms with E-state index in [1.165, 1.54) is 0 Å². The van der Waals surface area contributed by atoms with E-state index < -0.39 is 6.10 Å². The fraction of sp³-hybridized carbons (Fsp3) is 0.150. The highest BCUT2D eigenvalue weighted by Gasteiger charge is 2.16. The van der Waals surface area contributed by atoms with Gasteiger partial charge < -0.3 is 14.3 Å². The van der Waals surface area contributed by atoms with Crippen LogP contribution in [0.15, 0.2) is 65.5 Å². The van der Waals surface area contributed by atoms with Gasteiger partial charge in [0.1, 0.15) is 5.82 Å². The molecule has 4 aromatic rings. The Bertz CT molecular complexity index is 1070. The minimum atomic E-state index is -0.482. The van der Waals surface area contributed by atoms with Crippen molar-refractivity contribution in [3.05, 3.63) is 76.9 Å². The Hall–Kier alpha value is -2.93. The van der Waals surface area contributed by atoms with Gasteiger partial charge in [-0.2, -0.15) is 0 Å². The van der Waals surface area contributed by atoms with Crippen LogP contribution < -0.4 is 0 Å². The molecule has 1 N–H and O–H groups in total. The lowest BCUT2D eigenvalue weighted by atomic mass is 10.1. The van der Waals surface area contributed by atoms with Gasteiger partial charge in [0.05, 0.1) is 11.9 Å². The average Bonchev–Trinajstić information content (AvgIpc) is 3.31. The molecule has 0 aliphatic rings. The molecule has 3 heterocycles. The van der Waals surface area contributed by atoms with Crippen LogP contribution in [0.1, 0.15) is 24.4 Å². The monoisotopic (exact) mass is 424 g/mol. The first kappa shape index (κ1) is 17.5. The average molecular weight is 425 g/mol. The predicted molar refractivity (Wildman–Crippen MR) is 106 cm³/mol. The van der Waals surface area contributed by atoms with Crippen LogP contribution in [0.25, 0.3) is 16.9 Å². The van der Waals surface area contributed by atoms with Gasteiger partial charge in [0, 0.05) is 28.8 Å². The third-order valence-electron chi connectivity index (χ3n) is 4.20. The quantitative estimate of drug-likeness (QED) is 0.483. The van der Waals surface area contributed by atoms with E-state index in [2.05, 4.69) is 30.9 Å². The molecule has 0 spiro atoms. The maximum absolute atomic E-state index is 12.3. The third kappa shape index (κ3) is 3.93. The maximum Gasteiger partial charge on any atom is 0.310 e. The SMILES string of the molecule is CC(OC(=O)Cc1ccc(-n2cccc2)cc1)c1nc2ncc(Br)cc2[nH]1. The summed E-state index contributed by atoms with van der Waals surface area (Å²) in [6, 6.07) is 13.7. The summed E-state index contributed by atoms with van der Waals surface area (Å²) in [4.78, 5) is 24.0. The summed E-state index contributed by atoms with van der Waals surface area (Å²) in [6.07, 6.45) is 5.36. The van der Waals surface area contributed by atoms with E-state index in [1.54, 1.807) is 13.1 Å². The molecule has 1 unspecified atom stereocenters. The largest absolute Gasteiger partial charge is 0.454 e. The zero-order valence-electron chi connectivity index (χ0n) is 14.6. The van der Waals surface area contributed by atoms with Crippen molar-refractivity contribution in [1.29, 1.82) is 0 Å². The third-order valence-corrected chi connectivity index (χ3v) is 4.64. The summed E-state index contributed by atoms with van der Waals surface area (Å²) in [7, 11) is 0. The second kappa shape index (κ2) is 7.36. The van der Waals surface area contributed by atoms with Crippen molar-refractivity contribution in [2.75, 3.05) is 0 Å². The number of aromatic amines is 1. The molecular weight excluding hydrogens is 408 g/mol. The number of carbonyl (C=O) groups is 1. The van der Waals surface area contributed by atoms with Crippen LogP contribution in [0.3, 0.4) is 0 Å². The van der Waals surface area contributed by atoms with Crippen molar-refractivity contribution < 1.29 is 9.53 Å². The first-order chi connectivity index (χ1) is 13.1. The topological polar surface area (TPSA) is 72.8 Å². The molecule has 6 nitrogen and oxygen atoms in total. The number of nitrogens with one attached hydrogen (secondary N) is 1. The van der Waals surface area contributed by atoms with Gasteiger partial charge in [-0.05, 0) is 58.7 Å². The fourth-order valence-electron chi connectivity index (χ4n) is 2.84. The molecule has 0 saturated heterocycles. The second-order valence-corrected chi connectivity index (χ2v) is 7.13. The molecule has 1 atom stereocenters. The van der Waals surface area contributed by atoms with Crippen LogP contribution in [0.2, 0.25) is 0 Å². The van der Waals surface area contributed by atoms with E-state index >= 15 is 0 Å². The Kier molecular flexibility index (Phi) is 4.77. The number of imidazole rings is 1. The van der Waals surface area contributed by atoms with Gasteiger partial charge in [-0.1, -0.05) is 12.1 Å². The van der Waals surface area contributed by atoms with Crippen molar-refractivity contribution in [3.8, 4) is 5.69 Å². The zero-order valence-corrected chi connectivity index (χ0v) is 16.2. The van der Waals surface area contributed by atoms with Crippen molar-refractivity contribution in [1.82, 2.24) is 19.5 Å². The summed E-state index contributed by atoms with van der Waals surface area (Å²) >= 11 is 3.38. The Balaban J connectivity index is 1.40. The number of rotatable bonds is 5. The molecule has 4 rings (SSSR count). The van der Waals surface area contributed by atoms with E-state index in [9.17, 15) is 4.79 Å². The van der Waals surface area contributed by atoms with Gasteiger partial charge >= 0.3 is 5.97 Å². The van der Waals surface area contributed by atoms with Crippen molar-refractivity contribution in [2.45, 2.75) is 19.4 Å². The molecular formula is C20H17BrN4O2. The lowest BCUT2D eigenvalue weighted by molar-refractivity contribution is -0.148. The number of hydrogen-bond acceptors (Lipinski definition) is 4. The second-order valence-electron chi connectivity index (χ2n) is 6.21. The number of H-pyrrole nitrogens is 1. The molecule has 0 bridgehead atoms. The zero-order chi connectivity index (χ0) is 18.8. The van der Waals surface area contributed by atoms with E-state index in [0.717, 1.165) is 21.2 Å². The number of halogens is 1. The first-order valence-corrected chi connectivity index (χ1v) is 9.31. The minimum Gasteiger partial charge on any atom is -0.454 e. The van der Waals surface area contributed by atoms with Crippen LogP contribution in [0, 0.1) is 0 Å². The van der Waals surface area contributed by atoms with Gasteiger partial charge in [-0.3, -0.25) is 4.79 Å². The Labute approximate surface area is 164 Å². The highest BCUT2D eigenvalue weighted by Crippen LogP contribution is 2.20. The molecule has 1 aromatic carbocycles. The number of ether oxygens (including phenoxy) is 1. The molecule has 0 aliphatic heterocycles. The highest BCUT2D eigenvalue weighted by atomic mass is 79.9. The van der Waals surface area contributed by atoms with Crippen molar-refractivity contribution in [2.24, 2.45) is 0 Å². The maximum atomic E-state index is 12.3. The van der Waals surface area contributed by atoms with E-state index in [1.807, 2.05) is 59.4 Å². The first-order valence-electron chi connectivity index (χ1n) is 8.51. The van der Waals surface area contributed by atoms with E-state index in [4.69, 9.17) is 4.74 Å². The van der Waals surface area contributed by atoms with E-state index in [0.29, 0.717) is 11.5 Å². The van der Waals surface area contributed by atoms with Gasteiger partial charge in [-0.15, -0.1) is 0 Å². The highest BCUT2D eigenvalue weighted by molar-refractivity contribution is 9.10. The number of aromatic nitrogens is 4. The number of fused-ring (bicyclic) bond motifs is 1. The Morgan fingerprint density at radius 1 is 1.26 bits per heavy atom. The normalized spacial score (nSPS) is 12.2. The van der Waals surface area contributed by atoms with Crippen LogP contribution >= 0.6 is 15.9 Å². The number of carbonyl (C=O) groups excluding carboxylic acids is 1. The molecule has 0 aliphatic carbocycles. The summed E-state index contributed by atoms with van der Waals surface area (Å²) in [6.45, 7) is 1.79. The molecule has 27 heavy (non-hydrogen) atoms. The van der Waals surface area contributed by atoms with Crippen LogP contribution in [-0.4, -0.2) is 25.5 Å². The summed E-state index contributed by atoms with van der Waals surface area (Å²) in [5, 5.41) is 0. The smallest absolute Gasteiger partial charge is 0.310 e. The molecule has 7 heteroatoms. The number of hydrogen-bond donors (Lipinski definition) is 1. The van der Waals surface area contributed by atoms with Crippen molar-refractivity contribution >= 4 is 33.1 Å². The number of esters is 1. The fourth-order valence-corrected chi connectivity index (χ4v) is 3.17. The Morgan fingerprint density at radius 2 is 2.00 bits per heavy atom. The molecule has 0 fully saturated rings. The molecule has 3 aromatic heterocycles. The lowest BCUT2D eigenvalue weighted by Crippen LogP contribution is -2.12. The summed E-state index contributed by atoms with van der Waals surface area (Å²) in [5.74, 6) is 0.276. The number of nitrogens with zero attached hydrogens (tertiary/aromatic N) is 3. The number of pyridine rings is 1. The molecule has 136 valence electrons. The van der Waals surface area contributed by atoms with Gasteiger partial charge in [0.2, 0.25) is 0 Å². The van der Waals surface area contributed by atoms with Crippen LogP contribution in [0.4, 0.5) is 0 Å². The van der Waals surface area contributed by atoms with Crippen LogP contribution in [0.5, 0.6) is 0 Å². The minimum absolute atomic E-state index is 0.209. The summed E-state index contributed by atoms with van der Waals surface area (Å²) in [5.41, 5.74) is 3.34. The molecule has 0 amide bonds. The van der Waals surface area contributed by atoms with Crippen molar-refractivity contribution in [3.63, 3.8) is 0 Å².